The van der Waals surface area contributed by atoms with Crippen LogP contribution >= 0.6 is 0 Å². The molecular formula is C25H27N5O2S. The largest absolute Gasteiger partial charge is 0.345 e. The van der Waals surface area contributed by atoms with E-state index in [0.29, 0.717) is 0 Å². The van der Waals surface area contributed by atoms with Crippen molar-refractivity contribution in [3.8, 4) is 11.3 Å². The van der Waals surface area contributed by atoms with Crippen LogP contribution in [0, 0.1) is 0 Å². The number of aromatic nitrogens is 4. The molecule has 2 atom stereocenters. The summed E-state index contributed by atoms with van der Waals surface area (Å²) in [5.74, 6) is 1.15. The van der Waals surface area contributed by atoms with Gasteiger partial charge in [-0.05, 0) is 50.7 Å². The number of sulfonamides is 1. The van der Waals surface area contributed by atoms with Gasteiger partial charge in [-0.25, -0.2) is 23.1 Å². The third-order valence-corrected chi connectivity index (χ3v) is 8.95. The van der Waals surface area contributed by atoms with Crippen LogP contribution in [0.1, 0.15) is 56.3 Å². The molecule has 4 aromatic rings. The van der Waals surface area contributed by atoms with Crippen LogP contribution in [-0.4, -0.2) is 39.1 Å². The molecular weight excluding hydrogens is 434 g/mol. The van der Waals surface area contributed by atoms with Crippen LogP contribution in [0.5, 0.6) is 0 Å². The average molecular weight is 462 g/mol. The molecule has 0 aliphatic heterocycles. The monoisotopic (exact) mass is 461 g/mol. The lowest BCUT2D eigenvalue weighted by molar-refractivity contribution is 0.546. The molecule has 7 nitrogen and oxygen atoms in total. The summed E-state index contributed by atoms with van der Waals surface area (Å²) in [5.41, 5.74) is 6.83. The summed E-state index contributed by atoms with van der Waals surface area (Å²) in [5, 5.41) is -0.192. The van der Waals surface area contributed by atoms with Crippen LogP contribution in [0.25, 0.3) is 33.5 Å². The molecule has 3 aromatic heterocycles. The van der Waals surface area contributed by atoms with Crippen molar-refractivity contribution in [1.82, 2.24) is 24.1 Å². The number of H-pyrrole nitrogens is 1. The van der Waals surface area contributed by atoms with Gasteiger partial charge in [0.05, 0.1) is 28.2 Å². The first-order chi connectivity index (χ1) is 15.9. The zero-order valence-electron chi connectivity index (χ0n) is 18.6. The van der Waals surface area contributed by atoms with Crippen LogP contribution in [-0.2, 0) is 10.0 Å². The maximum atomic E-state index is 12.5. The smallest absolute Gasteiger partial charge is 0.214 e. The summed E-state index contributed by atoms with van der Waals surface area (Å²) >= 11 is 0. The van der Waals surface area contributed by atoms with E-state index < -0.39 is 10.0 Å². The summed E-state index contributed by atoms with van der Waals surface area (Å²) in [4.78, 5) is 12.9. The van der Waals surface area contributed by atoms with Gasteiger partial charge in [-0.1, -0.05) is 36.4 Å². The number of hydrogen-bond donors (Lipinski definition) is 2. The minimum Gasteiger partial charge on any atom is -0.345 e. The summed E-state index contributed by atoms with van der Waals surface area (Å²) in [6, 6.07) is 10.3. The fraction of sp³-hybridized carbons (Fsp3) is 0.360. The van der Waals surface area contributed by atoms with E-state index in [-0.39, 0.29) is 17.2 Å². The van der Waals surface area contributed by atoms with Crippen LogP contribution in [0.15, 0.2) is 49.3 Å². The highest BCUT2D eigenvalue weighted by Gasteiger charge is 2.39. The molecule has 1 unspecified atom stereocenters. The fourth-order valence-electron chi connectivity index (χ4n) is 5.01. The number of nitrogens with zero attached hydrogens (tertiary/aromatic N) is 3. The van der Waals surface area contributed by atoms with Gasteiger partial charge in [-0.15, -0.1) is 0 Å². The molecule has 6 rings (SSSR count). The van der Waals surface area contributed by atoms with Crippen LogP contribution < -0.4 is 4.72 Å². The number of allylic oxidation sites excluding steroid dienone is 1. The van der Waals surface area contributed by atoms with Crippen molar-refractivity contribution in [2.75, 3.05) is 0 Å². The van der Waals surface area contributed by atoms with E-state index in [0.717, 1.165) is 77.0 Å². The van der Waals surface area contributed by atoms with Gasteiger partial charge in [0.2, 0.25) is 10.0 Å². The van der Waals surface area contributed by atoms with Crippen molar-refractivity contribution in [2.45, 2.75) is 56.2 Å². The number of fused-ring (bicyclic) bond motifs is 3. The van der Waals surface area contributed by atoms with E-state index in [1.807, 2.05) is 25.4 Å². The molecule has 2 aliphatic rings. The number of rotatable bonds is 6. The first kappa shape index (κ1) is 20.6. The standard InChI is InChI=1S/C25H27N5O2S/c1-15(2)16-3-5-17(6-4-16)23-22-14-27-24-21(11-12-26-24)30(22)25(28-23)18-7-8-19(13-18)29-33(31,32)20-9-10-20/h3-6,11-12,14,18-20,26,29H,1,7-10,13H2,2H3/t18?,19-/m0/s1. The molecule has 2 aliphatic carbocycles. The van der Waals surface area contributed by atoms with Crippen molar-refractivity contribution in [3.63, 3.8) is 0 Å². The number of nitrogens with one attached hydrogen (secondary N) is 2. The normalized spacial score (nSPS) is 21.2. The van der Waals surface area contributed by atoms with Crippen molar-refractivity contribution < 1.29 is 8.42 Å². The van der Waals surface area contributed by atoms with Gasteiger partial charge in [-0.3, -0.25) is 4.40 Å². The molecule has 2 fully saturated rings. The molecule has 0 bridgehead atoms. The third-order valence-electron chi connectivity index (χ3n) is 6.94. The Balaban J connectivity index is 1.41. The van der Waals surface area contributed by atoms with E-state index in [2.05, 4.69) is 49.9 Å². The highest BCUT2D eigenvalue weighted by atomic mass is 32.2. The van der Waals surface area contributed by atoms with Gasteiger partial charge in [0.1, 0.15) is 5.82 Å². The molecule has 0 spiro atoms. The summed E-state index contributed by atoms with van der Waals surface area (Å²) in [7, 11) is -3.19. The lowest BCUT2D eigenvalue weighted by atomic mass is 10.0. The van der Waals surface area contributed by atoms with Gasteiger partial charge in [0.15, 0.2) is 5.65 Å². The fourth-order valence-corrected chi connectivity index (χ4v) is 6.64. The minimum atomic E-state index is -3.19. The zero-order valence-corrected chi connectivity index (χ0v) is 19.4. The molecule has 33 heavy (non-hydrogen) atoms. The van der Waals surface area contributed by atoms with Crippen molar-refractivity contribution in [3.05, 3.63) is 60.7 Å². The molecule has 0 saturated heterocycles. The highest BCUT2D eigenvalue weighted by Crippen LogP contribution is 2.39. The van der Waals surface area contributed by atoms with E-state index in [9.17, 15) is 8.42 Å². The van der Waals surface area contributed by atoms with Crippen LogP contribution in [0.3, 0.4) is 0 Å². The zero-order chi connectivity index (χ0) is 22.7. The lowest BCUT2D eigenvalue weighted by Gasteiger charge is -2.13. The molecule has 8 heteroatoms. The Morgan fingerprint density at radius 2 is 1.91 bits per heavy atom. The molecule has 0 radical (unpaired) electrons. The Morgan fingerprint density at radius 3 is 2.64 bits per heavy atom. The summed E-state index contributed by atoms with van der Waals surface area (Å²) in [6.07, 6.45) is 7.82. The van der Waals surface area contributed by atoms with E-state index in [4.69, 9.17) is 4.98 Å². The Labute approximate surface area is 193 Å². The minimum absolute atomic E-state index is 0.0326. The number of benzene rings is 1. The maximum absolute atomic E-state index is 12.5. The predicted molar refractivity (Wildman–Crippen MR) is 130 cm³/mol. The molecule has 170 valence electrons. The number of imidazole rings is 1. The molecule has 1 aromatic carbocycles. The Kier molecular flexibility index (Phi) is 4.71. The Bertz CT molecular complexity index is 1480. The van der Waals surface area contributed by atoms with Gasteiger partial charge in [0.25, 0.3) is 0 Å². The van der Waals surface area contributed by atoms with Gasteiger partial charge < -0.3 is 4.98 Å². The second-order valence-electron chi connectivity index (χ2n) is 9.44. The van der Waals surface area contributed by atoms with Crippen molar-refractivity contribution in [2.24, 2.45) is 0 Å². The van der Waals surface area contributed by atoms with E-state index in [1.54, 1.807) is 0 Å². The predicted octanol–water partition coefficient (Wildman–Crippen LogP) is 4.63. The summed E-state index contributed by atoms with van der Waals surface area (Å²) < 4.78 is 30.1. The topological polar surface area (TPSA) is 92.2 Å². The third kappa shape index (κ3) is 3.57. The molecule has 0 amide bonds. The number of aromatic amines is 1. The van der Waals surface area contributed by atoms with E-state index >= 15 is 0 Å². The van der Waals surface area contributed by atoms with Gasteiger partial charge in [0, 0.05) is 23.7 Å². The van der Waals surface area contributed by atoms with Crippen LogP contribution in [0.4, 0.5) is 0 Å². The van der Waals surface area contributed by atoms with E-state index in [1.165, 1.54) is 0 Å². The maximum Gasteiger partial charge on any atom is 0.214 e. The molecule has 2 saturated carbocycles. The second kappa shape index (κ2) is 7.53. The summed E-state index contributed by atoms with van der Waals surface area (Å²) in [6.45, 7) is 6.03. The van der Waals surface area contributed by atoms with Crippen molar-refractivity contribution in [1.29, 1.82) is 0 Å². The Morgan fingerprint density at radius 1 is 1.12 bits per heavy atom. The second-order valence-corrected chi connectivity index (χ2v) is 11.4. The SMILES string of the molecule is C=C(C)c1ccc(-c2nc(C3CC[C@H](NS(=O)(=O)C4CC4)C3)n3c2cnc2[nH]ccc23)cc1. The van der Waals surface area contributed by atoms with Gasteiger partial charge in [-0.2, -0.15) is 0 Å². The van der Waals surface area contributed by atoms with Crippen molar-refractivity contribution >= 4 is 32.3 Å². The lowest BCUT2D eigenvalue weighted by Crippen LogP contribution is -2.35. The first-order valence-corrected chi connectivity index (χ1v) is 13.1. The molecule has 3 heterocycles. The molecule has 2 N–H and O–H groups in total. The van der Waals surface area contributed by atoms with Crippen LogP contribution in [0.2, 0.25) is 0 Å². The highest BCUT2D eigenvalue weighted by molar-refractivity contribution is 7.90. The number of hydrogen-bond acceptors (Lipinski definition) is 4. The quantitative estimate of drug-likeness (QED) is 0.438. The first-order valence-electron chi connectivity index (χ1n) is 11.5. The Hall–Kier alpha value is -2.97. The average Bonchev–Trinajstić information content (AvgIpc) is 3.22. The van der Waals surface area contributed by atoms with Gasteiger partial charge >= 0.3 is 0 Å².